The molecule has 1 heterocycles. The Labute approximate surface area is 124 Å². The highest BCUT2D eigenvalue weighted by molar-refractivity contribution is 5.45. The molecule has 0 aliphatic carbocycles. The van der Waals surface area contributed by atoms with Gasteiger partial charge in [0, 0.05) is 17.3 Å². The van der Waals surface area contributed by atoms with Crippen molar-refractivity contribution in [1.82, 2.24) is 4.98 Å². The number of nitriles is 1. The van der Waals surface area contributed by atoms with Gasteiger partial charge in [-0.3, -0.25) is 0 Å². The molecule has 4 nitrogen and oxygen atoms in total. The summed E-state index contributed by atoms with van der Waals surface area (Å²) in [6, 6.07) is 11.4. The second-order valence-corrected chi connectivity index (χ2v) is 4.39. The summed E-state index contributed by atoms with van der Waals surface area (Å²) in [6.45, 7) is 2.62. The Morgan fingerprint density at radius 2 is 2.19 bits per heavy atom. The molecule has 0 fully saturated rings. The number of ether oxygens (including phenoxy) is 1. The van der Waals surface area contributed by atoms with Crippen molar-refractivity contribution in [2.75, 3.05) is 6.54 Å². The van der Waals surface area contributed by atoms with Crippen molar-refractivity contribution in [3.05, 3.63) is 58.9 Å². The molecule has 0 unspecified atom stereocenters. The fourth-order valence-electron chi connectivity index (χ4n) is 1.83. The van der Waals surface area contributed by atoms with Crippen molar-refractivity contribution in [3.63, 3.8) is 0 Å². The van der Waals surface area contributed by atoms with Crippen LogP contribution in [0.2, 0.25) is 0 Å². The molecule has 0 spiro atoms. The monoisotopic (exact) mass is 277 g/mol. The van der Waals surface area contributed by atoms with Gasteiger partial charge in [-0.25, -0.2) is 4.98 Å². The zero-order valence-electron chi connectivity index (χ0n) is 11.8. The Hall–Kier alpha value is -2.82. The predicted molar refractivity (Wildman–Crippen MR) is 80.4 cm³/mol. The minimum Gasteiger partial charge on any atom is -0.489 e. The molecule has 2 N–H and O–H groups in total. The predicted octanol–water partition coefficient (Wildman–Crippen LogP) is 2.15. The second kappa shape index (κ2) is 7.09. The highest BCUT2D eigenvalue weighted by atomic mass is 16.5. The fraction of sp³-hybridized carbons (Fsp3) is 0.176. The van der Waals surface area contributed by atoms with Crippen LogP contribution < -0.4 is 10.5 Å². The van der Waals surface area contributed by atoms with Crippen LogP contribution in [0.15, 0.2) is 36.5 Å². The van der Waals surface area contributed by atoms with Crippen molar-refractivity contribution < 1.29 is 4.74 Å². The fourth-order valence-corrected chi connectivity index (χ4v) is 1.83. The maximum Gasteiger partial charge on any atom is 0.147 e. The van der Waals surface area contributed by atoms with Crippen molar-refractivity contribution in [2.24, 2.45) is 5.73 Å². The van der Waals surface area contributed by atoms with Gasteiger partial charge in [0.25, 0.3) is 0 Å². The smallest absolute Gasteiger partial charge is 0.147 e. The lowest BCUT2D eigenvalue weighted by Crippen LogP contribution is -2.00. The zero-order chi connectivity index (χ0) is 15.1. The molecule has 0 bridgehead atoms. The molecule has 1 aromatic carbocycles. The third kappa shape index (κ3) is 3.82. The first kappa shape index (κ1) is 14.6. The van der Waals surface area contributed by atoms with E-state index < -0.39 is 0 Å². The molecular formula is C17H15N3O. The molecular weight excluding hydrogens is 262 g/mol. The second-order valence-electron chi connectivity index (χ2n) is 4.39. The molecule has 0 saturated heterocycles. The lowest BCUT2D eigenvalue weighted by Gasteiger charge is -2.08. The first-order valence-electron chi connectivity index (χ1n) is 6.51. The number of benzene rings is 1. The van der Waals surface area contributed by atoms with E-state index in [4.69, 9.17) is 15.7 Å². The Balaban J connectivity index is 2.11. The average molecular weight is 277 g/mol. The van der Waals surface area contributed by atoms with Crippen LogP contribution in [-0.2, 0) is 6.61 Å². The number of aromatic nitrogens is 1. The molecule has 0 atom stereocenters. The van der Waals surface area contributed by atoms with Crippen LogP contribution in [0.1, 0.15) is 22.4 Å². The number of nitrogens with two attached hydrogens (primary N) is 1. The van der Waals surface area contributed by atoms with Crippen molar-refractivity contribution in [3.8, 4) is 23.7 Å². The van der Waals surface area contributed by atoms with Gasteiger partial charge in [-0.15, -0.1) is 0 Å². The molecule has 4 heteroatoms. The molecule has 0 amide bonds. The summed E-state index contributed by atoms with van der Waals surface area (Å²) >= 11 is 0. The quantitative estimate of drug-likeness (QED) is 0.873. The Bertz CT molecular complexity index is 736. The van der Waals surface area contributed by atoms with Gasteiger partial charge in [0.05, 0.1) is 6.54 Å². The van der Waals surface area contributed by atoms with Crippen LogP contribution in [0.4, 0.5) is 0 Å². The van der Waals surface area contributed by atoms with Gasteiger partial charge >= 0.3 is 0 Å². The lowest BCUT2D eigenvalue weighted by atomic mass is 10.1. The third-order valence-corrected chi connectivity index (χ3v) is 2.91. The van der Waals surface area contributed by atoms with Gasteiger partial charge in [-0.1, -0.05) is 17.9 Å². The highest BCUT2D eigenvalue weighted by Crippen LogP contribution is 2.18. The van der Waals surface area contributed by atoms with Gasteiger partial charge in [0.1, 0.15) is 24.1 Å². The molecule has 0 aliphatic rings. The Morgan fingerprint density at radius 1 is 1.33 bits per heavy atom. The molecule has 2 rings (SSSR count). The molecule has 2 aromatic rings. The SMILES string of the molecule is Cc1cc(OCc2cccnc2C#N)ccc1C#CCN. The van der Waals surface area contributed by atoms with Gasteiger partial charge in [0.2, 0.25) is 0 Å². The zero-order valence-corrected chi connectivity index (χ0v) is 11.8. The molecule has 1 aromatic heterocycles. The van der Waals surface area contributed by atoms with Crippen LogP contribution in [0.5, 0.6) is 5.75 Å². The number of rotatable bonds is 3. The standard InChI is InChI=1S/C17H15N3O/c1-13-10-16(7-6-14(13)4-2-8-18)21-12-15-5-3-9-20-17(15)11-19/h3,5-7,9-10H,8,12,18H2,1H3. The molecule has 104 valence electrons. The van der Waals surface area contributed by atoms with E-state index in [1.165, 1.54) is 0 Å². The summed E-state index contributed by atoms with van der Waals surface area (Å²) in [6.07, 6.45) is 1.59. The number of nitrogens with zero attached hydrogens (tertiary/aromatic N) is 2. The Kier molecular flexibility index (Phi) is 4.93. The van der Waals surface area contributed by atoms with E-state index >= 15 is 0 Å². The minimum atomic E-state index is 0.310. The Morgan fingerprint density at radius 3 is 2.90 bits per heavy atom. The van der Waals surface area contributed by atoms with E-state index in [-0.39, 0.29) is 0 Å². The molecule has 0 aliphatic heterocycles. The summed E-state index contributed by atoms with van der Waals surface area (Å²) in [5.74, 6) is 6.57. The van der Waals surface area contributed by atoms with Gasteiger partial charge in [0.15, 0.2) is 0 Å². The highest BCUT2D eigenvalue weighted by Gasteiger charge is 2.04. The van der Waals surface area contributed by atoms with Gasteiger partial charge < -0.3 is 10.5 Å². The topological polar surface area (TPSA) is 71.9 Å². The summed E-state index contributed by atoms with van der Waals surface area (Å²) in [5, 5.41) is 8.99. The van der Waals surface area contributed by atoms with E-state index in [2.05, 4.69) is 22.9 Å². The summed E-state index contributed by atoms with van der Waals surface area (Å²) in [5.41, 5.74) is 8.49. The van der Waals surface area contributed by atoms with Crippen LogP contribution in [-0.4, -0.2) is 11.5 Å². The number of aryl methyl sites for hydroxylation is 1. The number of hydrogen-bond acceptors (Lipinski definition) is 4. The van der Waals surface area contributed by atoms with E-state index in [1.54, 1.807) is 12.3 Å². The molecule has 21 heavy (non-hydrogen) atoms. The maximum atomic E-state index is 8.99. The first-order valence-corrected chi connectivity index (χ1v) is 6.51. The van der Waals surface area contributed by atoms with Crippen molar-refractivity contribution in [1.29, 1.82) is 5.26 Å². The average Bonchev–Trinajstić information content (AvgIpc) is 2.52. The van der Waals surface area contributed by atoms with Gasteiger partial charge in [-0.05, 0) is 36.8 Å². The van der Waals surface area contributed by atoms with Crippen LogP contribution in [0, 0.1) is 30.1 Å². The number of hydrogen-bond donors (Lipinski definition) is 1. The summed E-state index contributed by atoms with van der Waals surface area (Å²) in [7, 11) is 0. The van der Waals surface area contributed by atoms with Crippen LogP contribution in [0.3, 0.4) is 0 Å². The van der Waals surface area contributed by atoms with E-state index in [1.807, 2.05) is 31.2 Å². The van der Waals surface area contributed by atoms with Crippen LogP contribution >= 0.6 is 0 Å². The first-order chi connectivity index (χ1) is 10.2. The molecule has 0 radical (unpaired) electrons. The van der Waals surface area contributed by atoms with E-state index in [0.717, 1.165) is 22.4 Å². The maximum absolute atomic E-state index is 8.99. The lowest BCUT2D eigenvalue weighted by molar-refractivity contribution is 0.305. The summed E-state index contributed by atoms with van der Waals surface area (Å²) < 4.78 is 5.71. The summed E-state index contributed by atoms with van der Waals surface area (Å²) in [4.78, 5) is 4.00. The largest absolute Gasteiger partial charge is 0.489 e. The minimum absolute atomic E-state index is 0.310. The molecule has 0 saturated carbocycles. The van der Waals surface area contributed by atoms with Crippen molar-refractivity contribution >= 4 is 0 Å². The van der Waals surface area contributed by atoms with E-state index in [0.29, 0.717) is 18.8 Å². The third-order valence-electron chi connectivity index (χ3n) is 2.91. The normalized spacial score (nSPS) is 9.38. The van der Waals surface area contributed by atoms with E-state index in [9.17, 15) is 0 Å². The van der Waals surface area contributed by atoms with Crippen molar-refractivity contribution in [2.45, 2.75) is 13.5 Å². The van der Waals surface area contributed by atoms with Crippen LogP contribution in [0.25, 0.3) is 0 Å². The van der Waals surface area contributed by atoms with Gasteiger partial charge in [-0.2, -0.15) is 5.26 Å². The number of pyridine rings is 1.